The zero-order chi connectivity index (χ0) is 20.4. The first-order chi connectivity index (χ1) is 13.3. The molecule has 3 N–H and O–H groups in total. The first kappa shape index (κ1) is 22.9. The van der Waals surface area contributed by atoms with Gasteiger partial charge in [-0.15, -0.1) is 0 Å². The number of rotatable bonds is 5. The van der Waals surface area contributed by atoms with Gasteiger partial charge in [0.15, 0.2) is 0 Å². The predicted molar refractivity (Wildman–Crippen MR) is 105 cm³/mol. The van der Waals surface area contributed by atoms with E-state index in [4.69, 9.17) is 14.2 Å². The number of aliphatic hydroxyl groups is 1. The highest BCUT2D eigenvalue weighted by Gasteiger charge is 2.62. The van der Waals surface area contributed by atoms with Crippen molar-refractivity contribution >= 4 is 11.9 Å². The van der Waals surface area contributed by atoms with Crippen LogP contribution >= 0.6 is 0 Å². The Hall–Kier alpha value is -2.42. The van der Waals surface area contributed by atoms with Gasteiger partial charge in [-0.1, -0.05) is 12.1 Å². The van der Waals surface area contributed by atoms with E-state index in [1.807, 2.05) is 43.3 Å². The van der Waals surface area contributed by atoms with E-state index >= 15 is 0 Å². The van der Waals surface area contributed by atoms with Gasteiger partial charge in [0.1, 0.15) is 11.4 Å². The molecule has 1 spiro atoms. The second kappa shape index (κ2) is 8.94. The highest BCUT2D eigenvalue weighted by atomic mass is 16.7. The number of benzene rings is 1. The van der Waals surface area contributed by atoms with Crippen LogP contribution in [0.5, 0.6) is 5.75 Å². The largest absolute Gasteiger partial charge is 0.497 e. The fourth-order valence-electron chi connectivity index (χ4n) is 4.16. The van der Waals surface area contributed by atoms with Crippen molar-refractivity contribution in [3.8, 4) is 5.75 Å². The molecule has 1 fully saturated rings. The SMILES string of the molecule is COc1ccc(C(CN(C)C)C2(O)CCCCC23OC(=O)C=CC(=O)O3)cc1.O. The average Bonchev–Trinajstić information content (AvgIpc) is 2.81. The molecule has 0 amide bonds. The van der Waals surface area contributed by atoms with E-state index in [0.29, 0.717) is 25.1 Å². The van der Waals surface area contributed by atoms with Crippen molar-refractivity contribution < 1.29 is 34.4 Å². The molecule has 2 atom stereocenters. The highest BCUT2D eigenvalue weighted by Crippen LogP contribution is 2.50. The Morgan fingerprint density at radius 3 is 2.14 bits per heavy atom. The van der Waals surface area contributed by atoms with Crippen molar-refractivity contribution in [2.24, 2.45) is 0 Å². The van der Waals surface area contributed by atoms with Gasteiger partial charge in [-0.3, -0.25) is 0 Å². The lowest BCUT2D eigenvalue weighted by Gasteiger charge is -2.51. The molecule has 0 saturated heterocycles. The molecule has 0 radical (unpaired) electrons. The summed E-state index contributed by atoms with van der Waals surface area (Å²) in [5.41, 5.74) is -0.718. The van der Waals surface area contributed by atoms with Crippen molar-refractivity contribution in [3.05, 3.63) is 42.0 Å². The predicted octanol–water partition coefficient (Wildman–Crippen LogP) is 1.17. The van der Waals surface area contributed by atoms with Crippen LogP contribution in [-0.2, 0) is 19.1 Å². The summed E-state index contributed by atoms with van der Waals surface area (Å²) in [6.07, 6.45) is 4.10. The first-order valence-electron chi connectivity index (χ1n) is 9.45. The van der Waals surface area contributed by atoms with Crippen LogP contribution in [0.3, 0.4) is 0 Å². The number of methoxy groups -OCH3 is 1. The van der Waals surface area contributed by atoms with Crippen molar-refractivity contribution in [2.45, 2.75) is 43.0 Å². The van der Waals surface area contributed by atoms with E-state index in [1.165, 1.54) is 0 Å². The van der Waals surface area contributed by atoms with Gasteiger partial charge in [-0.2, -0.15) is 0 Å². The van der Waals surface area contributed by atoms with Crippen LogP contribution in [0, 0.1) is 0 Å². The second-order valence-corrected chi connectivity index (χ2v) is 7.65. The summed E-state index contributed by atoms with van der Waals surface area (Å²) in [6, 6.07) is 7.41. The third-order valence-corrected chi connectivity index (χ3v) is 5.50. The van der Waals surface area contributed by atoms with Crippen LogP contribution in [0.4, 0.5) is 0 Å². The molecule has 1 heterocycles. The van der Waals surface area contributed by atoms with Gasteiger partial charge in [0.2, 0.25) is 0 Å². The Morgan fingerprint density at radius 1 is 1.07 bits per heavy atom. The van der Waals surface area contributed by atoms with Crippen LogP contribution in [0.1, 0.15) is 37.2 Å². The minimum atomic E-state index is -1.72. The maximum atomic E-state index is 12.2. The molecule has 2 unspecified atom stereocenters. The minimum absolute atomic E-state index is 0. The van der Waals surface area contributed by atoms with Gasteiger partial charge in [0, 0.05) is 31.0 Å². The molecule has 0 aromatic heterocycles. The van der Waals surface area contributed by atoms with E-state index in [2.05, 4.69) is 0 Å². The zero-order valence-electron chi connectivity index (χ0n) is 17.0. The summed E-state index contributed by atoms with van der Waals surface area (Å²) in [7, 11) is 5.40. The third-order valence-electron chi connectivity index (χ3n) is 5.50. The van der Waals surface area contributed by atoms with Gasteiger partial charge in [-0.05, 0) is 51.1 Å². The second-order valence-electron chi connectivity index (χ2n) is 7.65. The molecule has 160 valence electrons. The third kappa shape index (κ3) is 4.44. The standard InChI is InChI=1S/C21H27NO6.H2O/c1-22(2)14-17(15-6-8-16(26-3)9-7-15)20(25)12-4-5-13-21(20)27-18(23)10-11-19(24)28-21;/h6-11,17,25H,4-5,12-14H2,1-3H3;1H2. The number of esters is 2. The number of carbonyl (C=O) groups excluding carboxylic acids is 2. The number of carbonyl (C=O) groups is 2. The zero-order valence-corrected chi connectivity index (χ0v) is 17.0. The average molecular weight is 407 g/mol. The van der Waals surface area contributed by atoms with Crippen LogP contribution in [0.15, 0.2) is 36.4 Å². The lowest BCUT2D eigenvalue weighted by atomic mass is 9.68. The maximum absolute atomic E-state index is 12.2. The van der Waals surface area contributed by atoms with Crippen LogP contribution in [-0.4, -0.2) is 66.6 Å². The van der Waals surface area contributed by atoms with Crippen molar-refractivity contribution in [1.29, 1.82) is 0 Å². The monoisotopic (exact) mass is 407 g/mol. The molecule has 8 nitrogen and oxygen atoms in total. The normalized spacial score (nSPS) is 24.3. The molecule has 2 aliphatic rings. The van der Waals surface area contributed by atoms with Gasteiger partial charge in [0.25, 0.3) is 5.79 Å². The smallest absolute Gasteiger partial charge is 0.334 e. The van der Waals surface area contributed by atoms with E-state index in [-0.39, 0.29) is 11.9 Å². The Bertz CT molecular complexity index is 739. The number of likely N-dealkylation sites (N-methyl/N-ethyl adjacent to an activating group) is 1. The van der Waals surface area contributed by atoms with Gasteiger partial charge in [0.05, 0.1) is 7.11 Å². The number of ether oxygens (including phenoxy) is 3. The fourth-order valence-corrected chi connectivity index (χ4v) is 4.16. The Labute approximate surface area is 170 Å². The molecular weight excluding hydrogens is 378 g/mol. The topological polar surface area (TPSA) is 117 Å². The number of hydrogen-bond donors (Lipinski definition) is 1. The molecule has 1 aromatic rings. The van der Waals surface area contributed by atoms with E-state index in [1.54, 1.807) is 7.11 Å². The molecule has 1 aromatic carbocycles. The summed E-state index contributed by atoms with van der Waals surface area (Å²) in [6.45, 7) is 0.479. The van der Waals surface area contributed by atoms with Crippen molar-refractivity contribution in [1.82, 2.24) is 4.90 Å². The fraction of sp³-hybridized carbons (Fsp3) is 0.524. The van der Waals surface area contributed by atoms with Gasteiger partial charge >= 0.3 is 11.9 Å². The Kier molecular flexibility index (Phi) is 7.05. The van der Waals surface area contributed by atoms with E-state index in [9.17, 15) is 14.7 Å². The molecule has 8 heteroatoms. The van der Waals surface area contributed by atoms with Crippen LogP contribution < -0.4 is 4.74 Å². The van der Waals surface area contributed by atoms with Crippen LogP contribution in [0.25, 0.3) is 0 Å². The van der Waals surface area contributed by atoms with E-state index in [0.717, 1.165) is 24.1 Å². The maximum Gasteiger partial charge on any atom is 0.334 e. The first-order valence-corrected chi connectivity index (χ1v) is 9.45. The van der Waals surface area contributed by atoms with Gasteiger partial charge < -0.3 is 29.7 Å². The molecule has 29 heavy (non-hydrogen) atoms. The molecule has 0 bridgehead atoms. The molecule has 3 rings (SSSR count). The Balaban J connectivity index is 0.00000300. The summed E-state index contributed by atoms with van der Waals surface area (Å²) in [5, 5.41) is 12.0. The molecular formula is C21H29NO7. The highest BCUT2D eigenvalue weighted by molar-refractivity contribution is 5.93. The molecule has 1 aliphatic heterocycles. The van der Waals surface area contributed by atoms with Crippen molar-refractivity contribution in [3.63, 3.8) is 0 Å². The number of nitrogens with zero attached hydrogens (tertiary/aromatic N) is 1. The van der Waals surface area contributed by atoms with E-state index < -0.39 is 29.2 Å². The lowest BCUT2D eigenvalue weighted by Crippen LogP contribution is -2.64. The minimum Gasteiger partial charge on any atom is -0.497 e. The summed E-state index contributed by atoms with van der Waals surface area (Å²) in [5.74, 6) is -2.85. The quantitative estimate of drug-likeness (QED) is 0.728. The lowest BCUT2D eigenvalue weighted by molar-refractivity contribution is -0.308. The Morgan fingerprint density at radius 2 is 1.62 bits per heavy atom. The van der Waals surface area contributed by atoms with Crippen LogP contribution in [0.2, 0.25) is 0 Å². The summed E-state index contributed by atoms with van der Waals surface area (Å²) < 4.78 is 16.4. The molecule has 1 saturated carbocycles. The number of hydrogen-bond acceptors (Lipinski definition) is 7. The van der Waals surface area contributed by atoms with Crippen molar-refractivity contribution in [2.75, 3.05) is 27.7 Å². The molecule has 1 aliphatic carbocycles. The summed E-state index contributed by atoms with van der Waals surface area (Å²) >= 11 is 0. The van der Waals surface area contributed by atoms with Gasteiger partial charge in [-0.25, -0.2) is 9.59 Å². The summed E-state index contributed by atoms with van der Waals surface area (Å²) in [4.78, 5) is 26.3.